The molecule has 2 aliphatic rings. The molecule has 1 atom stereocenters. The van der Waals surface area contributed by atoms with Crippen molar-refractivity contribution in [3.8, 4) is 0 Å². The lowest BCUT2D eigenvalue weighted by molar-refractivity contribution is 0.00502. The second-order valence-electron chi connectivity index (χ2n) is 10.2. The van der Waals surface area contributed by atoms with Crippen LogP contribution in [0.1, 0.15) is 57.2 Å². The fourth-order valence-electron chi connectivity index (χ4n) is 5.12. The molecule has 2 heterocycles. The lowest BCUT2D eigenvalue weighted by atomic mass is 9.79. The van der Waals surface area contributed by atoms with Gasteiger partial charge in [-0.3, -0.25) is 4.90 Å². The van der Waals surface area contributed by atoms with E-state index in [1.807, 2.05) is 49.9 Å². The molecule has 4 nitrogen and oxygen atoms in total. The summed E-state index contributed by atoms with van der Waals surface area (Å²) < 4.78 is 32.8. The van der Waals surface area contributed by atoms with Crippen LogP contribution in [0.4, 0.5) is 13.6 Å². The fraction of sp³-hybridized carbons (Fsp3) is 0.500. The van der Waals surface area contributed by atoms with E-state index in [2.05, 4.69) is 4.90 Å². The van der Waals surface area contributed by atoms with E-state index in [-0.39, 0.29) is 29.2 Å². The minimum Gasteiger partial charge on any atom is -0.444 e. The second-order valence-corrected chi connectivity index (χ2v) is 10.2. The standard InChI is InChI=1S/C26H32F2N2O2/c1-25(2,3)32-24(31)30-15-4-13-26(18-30)14-16-29(17-26)23(19-5-9-21(27)10-6-19)20-7-11-22(28)12-8-20/h5-12,23H,4,13-18H2,1-3H3. The number of amides is 1. The van der Waals surface area contributed by atoms with Crippen molar-refractivity contribution in [1.82, 2.24) is 9.80 Å². The summed E-state index contributed by atoms with van der Waals surface area (Å²) in [6.45, 7) is 8.75. The molecule has 2 fully saturated rings. The first-order valence-electron chi connectivity index (χ1n) is 11.4. The molecule has 0 saturated carbocycles. The van der Waals surface area contributed by atoms with E-state index < -0.39 is 5.60 Å². The zero-order valence-electron chi connectivity index (χ0n) is 19.1. The second kappa shape index (κ2) is 8.81. The maximum atomic E-state index is 13.6. The third-order valence-corrected chi connectivity index (χ3v) is 6.52. The van der Waals surface area contributed by atoms with Gasteiger partial charge in [0, 0.05) is 25.0 Å². The summed E-state index contributed by atoms with van der Waals surface area (Å²) in [6.07, 6.45) is 2.74. The van der Waals surface area contributed by atoms with Crippen molar-refractivity contribution >= 4 is 6.09 Å². The molecule has 2 saturated heterocycles. The molecule has 0 N–H and O–H groups in total. The van der Waals surface area contributed by atoms with E-state index in [0.29, 0.717) is 6.54 Å². The summed E-state index contributed by atoms with van der Waals surface area (Å²) in [5.41, 5.74) is 1.46. The fourth-order valence-corrected chi connectivity index (χ4v) is 5.12. The van der Waals surface area contributed by atoms with E-state index >= 15 is 0 Å². The Morgan fingerprint density at radius 3 is 2.00 bits per heavy atom. The normalized spacial score (nSPS) is 22.0. The first kappa shape index (κ1) is 22.7. The Hall–Kier alpha value is -2.47. The van der Waals surface area contributed by atoms with Crippen LogP contribution in [0.3, 0.4) is 0 Å². The molecular weight excluding hydrogens is 410 g/mol. The average Bonchev–Trinajstić information content (AvgIpc) is 3.12. The zero-order valence-corrected chi connectivity index (χ0v) is 19.1. The summed E-state index contributed by atoms with van der Waals surface area (Å²) in [5, 5.41) is 0. The van der Waals surface area contributed by atoms with Gasteiger partial charge >= 0.3 is 6.09 Å². The maximum Gasteiger partial charge on any atom is 0.410 e. The van der Waals surface area contributed by atoms with Crippen molar-refractivity contribution in [3.63, 3.8) is 0 Å². The Morgan fingerprint density at radius 1 is 0.906 bits per heavy atom. The minimum absolute atomic E-state index is 0.00741. The van der Waals surface area contributed by atoms with E-state index in [1.54, 1.807) is 0 Å². The van der Waals surface area contributed by atoms with Crippen molar-refractivity contribution in [2.75, 3.05) is 26.2 Å². The number of piperidine rings is 1. The number of benzene rings is 2. The van der Waals surface area contributed by atoms with Gasteiger partial charge in [-0.2, -0.15) is 0 Å². The van der Waals surface area contributed by atoms with Crippen molar-refractivity contribution < 1.29 is 18.3 Å². The predicted molar refractivity (Wildman–Crippen MR) is 120 cm³/mol. The molecular formula is C26H32F2N2O2. The summed E-state index contributed by atoms with van der Waals surface area (Å²) >= 11 is 0. The Morgan fingerprint density at radius 2 is 1.47 bits per heavy atom. The van der Waals surface area contributed by atoms with Gasteiger partial charge in [-0.1, -0.05) is 24.3 Å². The van der Waals surface area contributed by atoms with Crippen molar-refractivity contribution in [3.05, 3.63) is 71.3 Å². The van der Waals surface area contributed by atoms with Gasteiger partial charge in [0.05, 0.1) is 6.04 Å². The van der Waals surface area contributed by atoms with Gasteiger partial charge in [0.15, 0.2) is 0 Å². The topological polar surface area (TPSA) is 32.8 Å². The van der Waals surface area contributed by atoms with Crippen LogP contribution in [0.2, 0.25) is 0 Å². The first-order chi connectivity index (χ1) is 15.1. The number of ether oxygens (including phenoxy) is 1. The molecule has 2 aromatic rings. The highest BCUT2D eigenvalue weighted by atomic mass is 19.1. The van der Waals surface area contributed by atoms with Gasteiger partial charge in [0.25, 0.3) is 0 Å². The van der Waals surface area contributed by atoms with Gasteiger partial charge in [-0.15, -0.1) is 0 Å². The number of likely N-dealkylation sites (tertiary alicyclic amines) is 2. The van der Waals surface area contributed by atoms with Crippen LogP contribution in [-0.4, -0.2) is 47.7 Å². The van der Waals surface area contributed by atoms with Gasteiger partial charge < -0.3 is 9.64 Å². The van der Waals surface area contributed by atoms with E-state index in [1.165, 1.54) is 24.3 Å². The van der Waals surface area contributed by atoms with Crippen LogP contribution < -0.4 is 0 Å². The Kier molecular flexibility index (Phi) is 6.26. The number of carbonyl (C=O) groups excluding carboxylic acids is 1. The SMILES string of the molecule is CC(C)(C)OC(=O)N1CCCC2(CCN(C(c3ccc(F)cc3)c3ccc(F)cc3)C2)C1. The first-order valence-corrected chi connectivity index (χ1v) is 11.4. The van der Waals surface area contributed by atoms with Crippen molar-refractivity contribution in [2.45, 2.75) is 51.7 Å². The number of hydrogen-bond acceptors (Lipinski definition) is 3. The molecule has 1 unspecified atom stereocenters. The molecule has 0 aromatic heterocycles. The largest absolute Gasteiger partial charge is 0.444 e. The van der Waals surface area contributed by atoms with Crippen LogP contribution in [0.15, 0.2) is 48.5 Å². The highest BCUT2D eigenvalue weighted by Crippen LogP contribution is 2.43. The van der Waals surface area contributed by atoms with E-state index in [9.17, 15) is 13.6 Å². The molecule has 172 valence electrons. The van der Waals surface area contributed by atoms with Gasteiger partial charge in [-0.05, 0) is 82.0 Å². The molecule has 0 radical (unpaired) electrons. The molecule has 2 aliphatic heterocycles. The number of rotatable bonds is 3. The summed E-state index contributed by atoms with van der Waals surface area (Å²) in [6, 6.07) is 13.0. The minimum atomic E-state index is -0.514. The number of carbonyl (C=O) groups is 1. The lowest BCUT2D eigenvalue weighted by Gasteiger charge is -2.41. The highest BCUT2D eigenvalue weighted by Gasteiger charge is 2.45. The van der Waals surface area contributed by atoms with Crippen LogP contribution in [0.25, 0.3) is 0 Å². The average molecular weight is 443 g/mol. The van der Waals surface area contributed by atoms with Gasteiger partial charge in [0.2, 0.25) is 0 Å². The molecule has 0 bridgehead atoms. The molecule has 1 amide bonds. The molecule has 6 heteroatoms. The Bertz CT molecular complexity index is 894. The quantitative estimate of drug-likeness (QED) is 0.604. The summed E-state index contributed by atoms with van der Waals surface area (Å²) in [5.74, 6) is -0.547. The smallest absolute Gasteiger partial charge is 0.410 e. The number of hydrogen-bond donors (Lipinski definition) is 0. The van der Waals surface area contributed by atoms with Crippen LogP contribution in [-0.2, 0) is 4.74 Å². The van der Waals surface area contributed by atoms with Gasteiger partial charge in [0.1, 0.15) is 17.2 Å². The number of halogens is 2. The Labute approximate surface area is 189 Å². The lowest BCUT2D eigenvalue weighted by Crippen LogP contribution is -2.49. The zero-order chi connectivity index (χ0) is 22.9. The highest BCUT2D eigenvalue weighted by molar-refractivity contribution is 5.68. The third kappa shape index (κ3) is 5.12. The summed E-state index contributed by atoms with van der Waals surface area (Å²) in [4.78, 5) is 16.9. The molecule has 32 heavy (non-hydrogen) atoms. The van der Waals surface area contributed by atoms with E-state index in [0.717, 1.165) is 50.0 Å². The van der Waals surface area contributed by atoms with Gasteiger partial charge in [-0.25, -0.2) is 13.6 Å². The predicted octanol–water partition coefficient (Wildman–Crippen LogP) is 5.78. The van der Waals surface area contributed by atoms with Crippen LogP contribution in [0, 0.1) is 17.0 Å². The molecule has 2 aromatic carbocycles. The van der Waals surface area contributed by atoms with E-state index in [4.69, 9.17) is 4.74 Å². The molecule has 0 aliphatic carbocycles. The van der Waals surface area contributed by atoms with Crippen LogP contribution in [0.5, 0.6) is 0 Å². The maximum absolute atomic E-state index is 13.6. The van der Waals surface area contributed by atoms with Crippen LogP contribution >= 0.6 is 0 Å². The monoisotopic (exact) mass is 442 g/mol. The number of nitrogens with zero attached hydrogens (tertiary/aromatic N) is 2. The molecule has 1 spiro atoms. The third-order valence-electron chi connectivity index (χ3n) is 6.52. The summed E-state index contributed by atoms with van der Waals surface area (Å²) in [7, 11) is 0. The van der Waals surface area contributed by atoms with Crippen molar-refractivity contribution in [2.24, 2.45) is 5.41 Å². The molecule has 4 rings (SSSR count). The Balaban J connectivity index is 1.56. The van der Waals surface area contributed by atoms with Crippen molar-refractivity contribution in [1.29, 1.82) is 0 Å².